The first-order chi connectivity index (χ1) is 7.84. The molecule has 17 heavy (non-hydrogen) atoms. The van der Waals surface area contributed by atoms with E-state index in [1.54, 1.807) is 7.11 Å². The Morgan fingerprint density at radius 3 is 2.59 bits per heavy atom. The number of rotatable bonds is 5. The molecule has 0 saturated carbocycles. The fourth-order valence-corrected chi connectivity index (χ4v) is 1.92. The number of Topliss-reactive ketones (excluding diaryl/α,β-unsaturated/α-hetero) is 1. The highest BCUT2D eigenvalue weighted by Crippen LogP contribution is 2.21. The maximum absolute atomic E-state index is 11.9. The predicted molar refractivity (Wildman–Crippen MR) is 70.6 cm³/mol. The summed E-state index contributed by atoms with van der Waals surface area (Å²) in [4.78, 5) is 11.9. The molecule has 1 aromatic carbocycles. The number of ketones is 1. The van der Waals surface area contributed by atoms with Crippen LogP contribution in [0.2, 0.25) is 5.02 Å². The molecule has 0 spiro atoms. The van der Waals surface area contributed by atoms with Crippen molar-refractivity contribution in [3.8, 4) is 0 Å². The normalized spacial score (nSPS) is 11.6. The molecule has 1 rings (SSSR count). The van der Waals surface area contributed by atoms with E-state index in [0.717, 1.165) is 11.1 Å². The molecule has 0 aromatic heterocycles. The summed E-state index contributed by atoms with van der Waals surface area (Å²) in [5.41, 5.74) is 1.58. The van der Waals surface area contributed by atoms with Crippen molar-refractivity contribution in [2.24, 2.45) is 0 Å². The summed E-state index contributed by atoms with van der Waals surface area (Å²) in [6.45, 7) is 5.79. The Labute approximate surface area is 108 Å². The Bertz CT molecular complexity index is 411. The van der Waals surface area contributed by atoms with E-state index in [4.69, 9.17) is 16.3 Å². The van der Waals surface area contributed by atoms with Crippen molar-refractivity contribution < 1.29 is 9.53 Å². The van der Waals surface area contributed by atoms with Crippen molar-refractivity contribution in [3.63, 3.8) is 0 Å². The second-order valence-corrected chi connectivity index (χ2v) is 5.36. The molecule has 0 N–H and O–H groups in total. The van der Waals surface area contributed by atoms with Crippen LogP contribution in [-0.2, 0) is 16.0 Å². The number of hydrogen-bond donors (Lipinski definition) is 0. The van der Waals surface area contributed by atoms with Gasteiger partial charge in [-0.15, -0.1) is 0 Å². The zero-order valence-corrected chi connectivity index (χ0v) is 11.6. The van der Waals surface area contributed by atoms with Crippen LogP contribution < -0.4 is 0 Å². The minimum absolute atomic E-state index is 0.141. The Hall–Kier alpha value is -0.860. The summed E-state index contributed by atoms with van der Waals surface area (Å²) in [5.74, 6) is 0.141. The zero-order chi connectivity index (χ0) is 13.1. The number of carbonyl (C=O) groups excluding carboxylic acids is 1. The second kappa shape index (κ2) is 5.65. The van der Waals surface area contributed by atoms with E-state index in [0.29, 0.717) is 17.9 Å². The lowest BCUT2D eigenvalue weighted by atomic mass is 9.97. The molecular weight excluding hydrogens is 236 g/mol. The molecular formula is C14H19ClO2. The van der Waals surface area contributed by atoms with Crippen LogP contribution in [0, 0.1) is 6.92 Å². The number of carbonyl (C=O) groups is 1. The third-order valence-electron chi connectivity index (χ3n) is 2.77. The fraction of sp³-hybridized carbons (Fsp3) is 0.500. The average Bonchev–Trinajstić information content (AvgIpc) is 2.21. The molecule has 0 amide bonds. The van der Waals surface area contributed by atoms with Gasteiger partial charge in [-0.05, 0) is 38.0 Å². The van der Waals surface area contributed by atoms with E-state index in [1.165, 1.54) is 0 Å². The molecule has 0 saturated heterocycles. The smallest absolute Gasteiger partial charge is 0.140 e. The minimum atomic E-state index is -0.408. The van der Waals surface area contributed by atoms with Gasteiger partial charge in [0.2, 0.25) is 0 Å². The summed E-state index contributed by atoms with van der Waals surface area (Å²) in [5, 5.41) is 0.661. The standard InChI is InChI=1S/C14H19ClO2/c1-10-5-6-11(13(15)7-10)8-12(16)9-14(2,3)17-4/h5-7H,8-9H2,1-4H3. The SMILES string of the molecule is COC(C)(C)CC(=O)Cc1ccc(C)cc1Cl. The van der Waals surface area contributed by atoms with Gasteiger partial charge in [-0.3, -0.25) is 4.79 Å². The molecule has 2 nitrogen and oxygen atoms in total. The Kier molecular flexibility index (Phi) is 4.72. The summed E-state index contributed by atoms with van der Waals surface area (Å²) in [6.07, 6.45) is 0.764. The molecule has 0 radical (unpaired) electrons. The predicted octanol–water partition coefficient (Wildman–Crippen LogP) is 3.58. The van der Waals surface area contributed by atoms with Crippen molar-refractivity contribution in [1.29, 1.82) is 0 Å². The van der Waals surface area contributed by atoms with E-state index in [9.17, 15) is 4.79 Å². The summed E-state index contributed by atoms with van der Waals surface area (Å²) < 4.78 is 5.24. The first kappa shape index (κ1) is 14.2. The van der Waals surface area contributed by atoms with E-state index in [-0.39, 0.29) is 5.78 Å². The maximum Gasteiger partial charge on any atom is 0.140 e. The van der Waals surface area contributed by atoms with E-state index in [2.05, 4.69) is 0 Å². The fourth-order valence-electron chi connectivity index (χ4n) is 1.62. The summed E-state index contributed by atoms with van der Waals surface area (Å²) in [7, 11) is 1.62. The van der Waals surface area contributed by atoms with Gasteiger partial charge in [-0.1, -0.05) is 23.7 Å². The number of methoxy groups -OCH3 is 1. The minimum Gasteiger partial charge on any atom is -0.378 e. The molecule has 0 aliphatic heterocycles. The highest BCUT2D eigenvalue weighted by atomic mass is 35.5. The number of hydrogen-bond acceptors (Lipinski definition) is 2. The summed E-state index contributed by atoms with van der Waals surface area (Å²) in [6, 6.07) is 5.76. The van der Waals surface area contributed by atoms with Gasteiger partial charge in [-0.25, -0.2) is 0 Å². The van der Waals surface area contributed by atoms with Gasteiger partial charge < -0.3 is 4.74 Å². The Morgan fingerprint density at radius 2 is 2.06 bits per heavy atom. The number of aryl methyl sites for hydroxylation is 1. The first-order valence-corrected chi connectivity index (χ1v) is 6.04. The largest absolute Gasteiger partial charge is 0.378 e. The Balaban J connectivity index is 2.69. The molecule has 0 fully saturated rings. The quantitative estimate of drug-likeness (QED) is 0.803. The van der Waals surface area contributed by atoms with Crippen LogP contribution in [0.1, 0.15) is 31.4 Å². The van der Waals surface area contributed by atoms with Crippen LogP contribution in [0.4, 0.5) is 0 Å². The Morgan fingerprint density at radius 1 is 1.41 bits per heavy atom. The van der Waals surface area contributed by atoms with Crippen LogP contribution >= 0.6 is 11.6 Å². The third kappa shape index (κ3) is 4.49. The van der Waals surface area contributed by atoms with Crippen LogP contribution in [0.3, 0.4) is 0 Å². The van der Waals surface area contributed by atoms with E-state index >= 15 is 0 Å². The van der Waals surface area contributed by atoms with Gasteiger partial charge in [0, 0.05) is 25.0 Å². The van der Waals surface area contributed by atoms with Crippen molar-refractivity contribution in [2.45, 2.75) is 39.2 Å². The summed E-state index contributed by atoms with van der Waals surface area (Å²) >= 11 is 6.10. The van der Waals surface area contributed by atoms with Gasteiger partial charge >= 0.3 is 0 Å². The van der Waals surface area contributed by atoms with Crippen LogP contribution in [0.5, 0.6) is 0 Å². The molecule has 0 unspecified atom stereocenters. The van der Waals surface area contributed by atoms with Crippen molar-refractivity contribution >= 4 is 17.4 Å². The molecule has 1 aromatic rings. The molecule has 3 heteroatoms. The monoisotopic (exact) mass is 254 g/mol. The van der Waals surface area contributed by atoms with E-state index in [1.807, 2.05) is 39.0 Å². The lowest BCUT2D eigenvalue weighted by Gasteiger charge is -2.21. The highest BCUT2D eigenvalue weighted by molar-refractivity contribution is 6.31. The number of benzene rings is 1. The molecule has 0 bridgehead atoms. The van der Waals surface area contributed by atoms with Crippen LogP contribution in [0.15, 0.2) is 18.2 Å². The second-order valence-electron chi connectivity index (χ2n) is 4.95. The molecule has 94 valence electrons. The van der Waals surface area contributed by atoms with Crippen molar-refractivity contribution in [3.05, 3.63) is 34.3 Å². The molecule has 0 heterocycles. The van der Waals surface area contributed by atoms with Crippen molar-refractivity contribution in [1.82, 2.24) is 0 Å². The number of halogens is 1. The molecule has 0 atom stereocenters. The van der Waals surface area contributed by atoms with Gasteiger partial charge in [0.1, 0.15) is 5.78 Å². The van der Waals surface area contributed by atoms with Gasteiger partial charge in [0.05, 0.1) is 5.60 Å². The lowest BCUT2D eigenvalue weighted by molar-refractivity contribution is -0.123. The van der Waals surface area contributed by atoms with Crippen molar-refractivity contribution in [2.75, 3.05) is 7.11 Å². The first-order valence-electron chi connectivity index (χ1n) is 5.66. The van der Waals surface area contributed by atoms with E-state index < -0.39 is 5.60 Å². The zero-order valence-electron chi connectivity index (χ0n) is 10.8. The van der Waals surface area contributed by atoms with Crippen LogP contribution in [-0.4, -0.2) is 18.5 Å². The highest BCUT2D eigenvalue weighted by Gasteiger charge is 2.21. The van der Waals surface area contributed by atoms with Crippen LogP contribution in [0.25, 0.3) is 0 Å². The average molecular weight is 255 g/mol. The van der Waals surface area contributed by atoms with Gasteiger partial charge in [0.15, 0.2) is 0 Å². The van der Waals surface area contributed by atoms with Gasteiger partial charge in [0.25, 0.3) is 0 Å². The molecule has 0 aliphatic rings. The molecule has 0 aliphatic carbocycles. The third-order valence-corrected chi connectivity index (χ3v) is 3.12. The number of ether oxygens (including phenoxy) is 1. The van der Waals surface area contributed by atoms with Gasteiger partial charge in [-0.2, -0.15) is 0 Å². The maximum atomic E-state index is 11.9. The topological polar surface area (TPSA) is 26.3 Å². The lowest BCUT2D eigenvalue weighted by Crippen LogP contribution is -2.27.